The fraction of sp³-hybridized carbons (Fsp3) is 0.125. The van der Waals surface area contributed by atoms with Crippen LogP contribution in [0.4, 0.5) is 0 Å². The molecule has 0 aliphatic carbocycles. The zero-order chi connectivity index (χ0) is 8.57. The Morgan fingerprint density at radius 3 is 1.83 bits per heavy atom. The fourth-order valence-corrected chi connectivity index (χ4v) is 0. The van der Waals surface area contributed by atoms with Crippen LogP contribution in [0.25, 0.3) is 0 Å². The number of nitriles is 1. The van der Waals surface area contributed by atoms with Gasteiger partial charge in [-0.25, -0.2) is 4.79 Å². The normalized spacial score (nSPS) is 5.00. The van der Waals surface area contributed by atoms with E-state index in [1.54, 1.807) is 6.92 Å². The molecule has 0 aromatic carbocycles. The molecule has 0 radical (unpaired) electrons. The molecule has 0 aliphatic heterocycles. The Morgan fingerprint density at radius 2 is 1.83 bits per heavy atom. The van der Waals surface area contributed by atoms with E-state index in [-0.39, 0.29) is 58.8 Å². The molecule has 3 nitrogen and oxygen atoms in total. The van der Waals surface area contributed by atoms with Gasteiger partial charge >= 0.3 is 57.4 Å². The Balaban J connectivity index is -0.0000000457. The summed E-state index contributed by atoms with van der Waals surface area (Å²) in [5, 5.41) is 15.4. The van der Waals surface area contributed by atoms with Crippen molar-refractivity contribution in [3.05, 3.63) is 32.2 Å². The molecular weight excluding hydrogens is 181 g/mol. The summed E-state index contributed by atoms with van der Waals surface area (Å²) < 4.78 is 0. The van der Waals surface area contributed by atoms with Crippen molar-refractivity contribution in [2.24, 2.45) is 0 Å². The molecule has 4 heteroatoms. The van der Waals surface area contributed by atoms with E-state index < -0.39 is 5.97 Å². The largest absolute Gasteiger partial charge is 1.00 e. The van der Waals surface area contributed by atoms with Gasteiger partial charge in [-0.3, -0.25) is 0 Å². The van der Waals surface area contributed by atoms with Crippen molar-refractivity contribution in [3.8, 4) is 6.07 Å². The number of carboxylic acids is 1. The molecule has 0 spiro atoms. The van der Waals surface area contributed by atoms with Gasteiger partial charge in [0.15, 0.2) is 0 Å². The van der Waals surface area contributed by atoms with Crippen molar-refractivity contribution in [1.29, 1.82) is 5.26 Å². The number of rotatable bonds is 1. The first-order valence-corrected chi connectivity index (χ1v) is 2.45. The van der Waals surface area contributed by atoms with Crippen LogP contribution >= 0.6 is 0 Å². The first-order valence-electron chi connectivity index (χ1n) is 2.45. The first-order chi connectivity index (χ1) is 4.54. The molecule has 0 amide bonds. The molecule has 0 saturated carbocycles. The van der Waals surface area contributed by atoms with E-state index in [0.29, 0.717) is 5.57 Å². The minimum Gasteiger partial charge on any atom is -0.478 e. The van der Waals surface area contributed by atoms with Crippen LogP contribution in [0, 0.1) is 18.8 Å². The van der Waals surface area contributed by atoms with E-state index in [1.807, 2.05) is 6.07 Å². The molecule has 1 N–H and O–H groups in total. The van der Waals surface area contributed by atoms with Crippen LogP contribution in [0.15, 0.2) is 24.8 Å². The van der Waals surface area contributed by atoms with Gasteiger partial charge < -0.3 is 12.5 Å². The van der Waals surface area contributed by atoms with Crippen molar-refractivity contribution in [1.82, 2.24) is 0 Å². The minimum absolute atomic E-state index is 0. The minimum atomic E-state index is -0.981. The summed E-state index contributed by atoms with van der Waals surface area (Å²) >= 11 is 0. The van der Waals surface area contributed by atoms with Gasteiger partial charge in [-0.1, -0.05) is 13.2 Å². The number of aliphatic carboxylic acids is 1. The second kappa shape index (κ2) is 17.2. The second-order valence-electron chi connectivity index (χ2n) is 1.43. The summed E-state index contributed by atoms with van der Waals surface area (Å²) in [7, 11) is 0. The number of hydrogen-bond acceptors (Lipinski definition) is 2. The smallest absolute Gasteiger partial charge is 0.478 e. The maximum absolute atomic E-state index is 9.25. The number of allylic oxidation sites excluding steroid dienone is 1. The van der Waals surface area contributed by atoms with E-state index in [1.165, 1.54) is 0 Å². The van der Waals surface area contributed by atoms with Crippen LogP contribution < -0.4 is 51.4 Å². The van der Waals surface area contributed by atoms with Crippen molar-refractivity contribution in [3.63, 3.8) is 0 Å². The molecule has 0 bridgehead atoms. The number of hydrogen-bond donors (Lipinski definition) is 1. The number of nitrogens with zero attached hydrogens (tertiary/aromatic N) is 1. The van der Waals surface area contributed by atoms with Crippen LogP contribution in [0.3, 0.4) is 0 Å². The van der Waals surface area contributed by atoms with E-state index in [9.17, 15) is 4.79 Å². The van der Waals surface area contributed by atoms with Crippen LogP contribution in [-0.2, 0) is 4.79 Å². The van der Waals surface area contributed by atoms with Gasteiger partial charge in [-0.2, -0.15) is 5.26 Å². The average molecular weight is 193 g/mol. The Morgan fingerprint density at radius 1 is 1.67 bits per heavy atom. The van der Waals surface area contributed by atoms with Gasteiger partial charge in [0, 0.05) is 11.6 Å². The Labute approximate surface area is 116 Å². The number of carbonyl (C=O) groups is 1. The summed E-state index contributed by atoms with van der Waals surface area (Å²) in [5.74, 6) is -0.981. The average Bonchev–Trinajstić information content (AvgIpc) is 1.89. The van der Waals surface area contributed by atoms with E-state index in [4.69, 9.17) is 10.4 Å². The Bertz CT molecular complexity index is 182. The quantitative estimate of drug-likeness (QED) is 0.246. The van der Waals surface area contributed by atoms with Crippen LogP contribution in [0.5, 0.6) is 0 Å². The molecule has 12 heavy (non-hydrogen) atoms. The molecular formula is C8H12KNO2. The van der Waals surface area contributed by atoms with Crippen molar-refractivity contribution < 1.29 is 61.3 Å². The predicted molar refractivity (Wildman–Crippen MR) is 44.7 cm³/mol. The monoisotopic (exact) mass is 193 g/mol. The third-order valence-electron chi connectivity index (χ3n) is 0.365. The Hall–Kier alpha value is 0.0764. The molecule has 0 aromatic heterocycles. The zero-order valence-electron chi connectivity index (χ0n) is 7.79. The van der Waals surface area contributed by atoms with Gasteiger partial charge in [0.25, 0.3) is 0 Å². The van der Waals surface area contributed by atoms with Crippen LogP contribution in [0.2, 0.25) is 0 Å². The number of carboxylic acid groups (broad SMARTS) is 1. The van der Waals surface area contributed by atoms with Crippen molar-refractivity contribution in [2.75, 3.05) is 0 Å². The first kappa shape index (κ1) is 22.7. The summed E-state index contributed by atoms with van der Waals surface area (Å²) in [6.45, 7) is 7.94. The molecule has 62 valence electrons. The third kappa shape index (κ3) is 50.0. The maximum Gasteiger partial charge on any atom is 1.00 e. The molecule has 0 atom stereocenters. The third-order valence-corrected chi connectivity index (χ3v) is 0.365. The standard InChI is InChI=1S/C4H5N.C3H4O2.CH3.K/c1-4(2)3-5;1-2-3(4)5;;/h1H2,2H3;2H,1H2,(H,4,5);1H3;/q;;-1;+1. The summed E-state index contributed by atoms with van der Waals surface area (Å²) in [5.41, 5.74) is 0.560. The molecule has 0 heterocycles. The van der Waals surface area contributed by atoms with E-state index >= 15 is 0 Å². The zero-order valence-corrected chi connectivity index (χ0v) is 10.9. The van der Waals surface area contributed by atoms with Crippen molar-refractivity contribution >= 4 is 5.97 Å². The topological polar surface area (TPSA) is 61.1 Å². The van der Waals surface area contributed by atoms with Gasteiger partial charge in [0.2, 0.25) is 0 Å². The summed E-state index contributed by atoms with van der Waals surface area (Å²) in [6, 6.07) is 1.83. The van der Waals surface area contributed by atoms with Gasteiger partial charge in [-0.05, 0) is 6.92 Å². The molecule has 0 saturated heterocycles. The molecule has 0 rings (SSSR count). The molecule has 0 fully saturated rings. The van der Waals surface area contributed by atoms with E-state index in [0.717, 1.165) is 6.08 Å². The molecule has 0 aromatic rings. The predicted octanol–water partition coefficient (Wildman–Crippen LogP) is -1.20. The second-order valence-corrected chi connectivity index (χ2v) is 1.43. The summed E-state index contributed by atoms with van der Waals surface area (Å²) in [6.07, 6.45) is 0.833. The van der Waals surface area contributed by atoms with Crippen LogP contribution in [0.1, 0.15) is 6.92 Å². The molecule has 0 aliphatic rings. The fourth-order valence-electron chi connectivity index (χ4n) is 0. The summed E-state index contributed by atoms with van der Waals surface area (Å²) in [4.78, 5) is 9.25. The van der Waals surface area contributed by atoms with Crippen LogP contribution in [-0.4, -0.2) is 11.1 Å². The van der Waals surface area contributed by atoms with Gasteiger partial charge in [0.1, 0.15) is 0 Å². The maximum atomic E-state index is 9.25. The van der Waals surface area contributed by atoms with Gasteiger partial charge in [0.05, 0.1) is 6.07 Å². The van der Waals surface area contributed by atoms with Crippen molar-refractivity contribution in [2.45, 2.75) is 6.92 Å². The molecule has 0 unspecified atom stereocenters. The van der Waals surface area contributed by atoms with E-state index in [2.05, 4.69) is 13.2 Å². The van der Waals surface area contributed by atoms with Gasteiger partial charge in [-0.15, -0.1) is 0 Å². The SMILES string of the molecule is C=C(C)C#N.C=CC(=O)O.[CH3-].[K+]. The Kier molecular flexibility index (Phi) is 32.6.